The number of imidazole rings is 1. The summed E-state index contributed by atoms with van der Waals surface area (Å²) in [7, 11) is 0. The quantitative estimate of drug-likeness (QED) is 0.646. The van der Waals surface area contributed by atoms with Gasteiger partial charge in [-0.25, -0.2) is 4.98 Å². The van der Waals surface area contributed by atoms with Gasteiger partial charge in [-0.3, -0.25) is 14.0 Å². The third-order valence-corrected chi connectivity index (χ3v) is 7.79. The van der Waals surface area contributed by atoms with Crippen LogP contribution in [0.2, 0.25) is 0 Å². The number of amides is 2. The van der Waals surface area contributed by atoms with Gasteiger partial charge in [-0.2, -0.15) is 0 Å². The molecule has 2 aromatic heterocycles. The van der Waals surface area contributed by atoms with E-state index in [1.165, 1.54) is 38.5 Å². The van der Waals surface area contributed by atoms with E-state index in [9.17, 15) is 14.7 Å². The van der Waals surface area contributed by atoms with Crippen molar-refractivity contribution in [1.82, 2.24) is 20.0 Å². The van der Waals surface area contributed by atoms with E-state index in [0.717, 1.165) is 24.3 Å². The summed E-state index contributed by atoms with van der Waals surface area (Å²) >= 11 is 0. The van der Waals surface area contributed by atoms with Gasteiger partial charge in [0, 0.05) is 13.1 Å². The van der Waals surface area contributed by atoms with Crippen LogP contribution in [-0.4, -0.2) is 45.0 Å². The molecule has 7 heteroatoms. The Morgan fingerprint density at radius 1 is 1.09 bits per heavy atom. The molecule has 0 radical (unpaired) electrons. The number of carbonyl (C=O) groups excluding carboxylic acids is 2. The molecule has 0 aromatic carbocycles. The molecule has 7 nitrogen and oxygen atoms in total. The minimum absolute atomic E-state index is 0.115. The largest absolute Gasteiger partial charge is 0.389 e. The van der Waals surface area contributed by atoms with Crippen LogP contribution >= 0.6 is 0 Å². The van der Waals surface area contributed by atoms with Crippen LogP contribution in [0, 0.1) is 30.1 Å². The highest BCUT2D eigenvalue weighted by molar-refractivity contribution is 5.96. The molecule has 3 N–H and O–H groups in total. The summed E-state index contributed by atoms with van der Waals surface area (Å²) < 4.78 is 1.76. The third-order valence-electron chi connectivity index (χ3n) is 7.79. The Labute approximate surface area is 189 Å². The number of pyridine rings is 1. The van der Waals surface area contributed by atoms with E-state index < -0.39 is 5.60 Å². The van der Waals surface area contributed by atoms with Crippen molar-refractivity contribution in [3.8, 4) is 0 Å². The van der Waals surface area contributed by atoms with Crippen LogP contribution in [0.4, 0.5) is 0 Å². The summed E-state index contributed by atoms with van der Waals surface area (Å²) in [5.41, 5.74) is 1.22. The molecule has 32 heavy (non-hydrogen) atoms. The van der Waals surface area contributed by atoms with Crippen LogP contribution in [0.25, 0.3) is 5.65 Å². The zero-order valence-corrected chi connectivity index (χ0v) is 19.3. The average molecular weight is 439 g/mol. The molecule has 4 aliphatic rings. The van der Waals surface area contributed by atoms with Gasteiger partial charge in [0.25, 0.3) is 11.8 Å². The maximum Gasteiger partial charge on any atom is 0.271 e. The number of aryl methyl sites for hydroxylation is 1. The van der Waals surface area contributed by atoms with Gasteiger partial charge < -0.3 is 15.7 Å². The Kier molecular flexibility index (Phi) is 5.08. The highest BCUT2D eigenvalue weighted by atomic mass is 16.3. The van der Waals surface area contributed by atoms with E-state index in [4.69, 9.17) is 0 Å². The normalized spacial score (nSPS) is 28.8. The van der Waals surface area contributed by atoms with Gasteiger partial charge >= 0.3 is 0 Å². The maximum atomic E-state index is 13.2. The summed E-state index contributed by atoms with van der Waals surface area (Å²) in [6.07, 6.45) is 7.91. The lowest BCUT2D eigenvalue weighted by Crippen LogP contribution is -2.51. The summed E-state index contributed by atoms with van der Waals surface area (Å²) in [4.78, 5) is 30.4. The molecule has 172 valence electrons. The summed E-state index contributed by atoms with van der Waals surface area (Å²) in [6, 6.07) is 5.39. The molecule has 0 saturated heterocycles. The molecule has 0 atom stereocenters. The van der Waals surface area contributed by atoms with E-state index in [1.807, 2.05) is 0 Å². The predicted molar refractivity (Wildman–Crippen MR) is 121 cm³/mol. The molecule has 2 heterocycles. The minimum atomic E-state index is -1.01. The molecule has 4 saturated carbocycles. The monoisotopic (exact) mass is 438 g/mol. The molecular formula is C25H34N4O3. The number of aliphatic hydroxyl groups is 1. The summed E-state index contributed by atoms with van der Waals surface area (Å²) in [6.45, 7) is 5.93. The highest BCUT2D eigenvalue weighted by Gasteiger charge is 2.50. The van der Waals surface area contributed by atoms with Gasteiger partial charge in [-0.1, -0.05) is 6.07 Å². The number of nitrogens with one attached hydrogen (secondary N) is 2. The lowest BCUT2D eigenvalue weighted by molar-refractivity contribution is -0.0503. The van der Waals surface area contributed by atoms with Gasteiger partial charge in [0.05, 0.1) is 11.3 Å². The van der Waals surface area contributed by atoms with Gasteiger partial charge in [0.2, 0.25) is 0 Å². The molecule has 6 rings (SSSR count). The zero-order valence-electron chi connectivity index (χ0n) is 19.3. The van der Waals surface area contributed by atoms with Crippen molar-refractivity contribution in [2.75, 3.05) is 13.1 Å². The number of hydrogen-bond donors (Lipinski definition) is 3. The number of hydrogen-bond acceptors (Lipinski definition) is 4. The second kappa shape index (κ2) is 7.58. The van der Waals surface area contributed by atoms with E-state index in [1.54, 1.807) is 43.4 Å². The molecule has 4 fully saturated rings. The third kappa shape index (κ3) is 3.91. The Balaban J connectivity index is 1.34. The molecule has 0 unspecified atom stereocenters. The number of fused-ring (bicyclic) bond motifs is 1. The first-order chi connectivity index (χ1) is 15.1. The van der Waals surface area contributed by atoms with Crippen LogP contribution in [0.15, 0.2) is 18.2 Å². The van der Waals surface area contributed by atoms with Gasteiger partial charge in [0.15, 0.2) is 0 Å². The van der Waals surface area contributed by atoms with Crippen molar-refractivity contribution >= 4 is 17.5 Å². The highest BCUT2D eigenvalue weighted by Crippen LogP contribution is 2.59. The predicted octanol–water partition coefficient (Wildman–Crippen LogP) is 3.09. The Morgan fingerprint density at radius 2 is 1.72 bits per heavy atom. The molecule has 0 aliphatic heterocycles. The summed E-state index contributed by atoms with van der Waals surface area (Å²) in [5.74, 6) is 2.08. The molecule has 2 aromatic rings. The van der Waals surface area contributed by atoms with E-state index in [0.29, 0.717) is 17.0 Å². The van der Waals surface area contributed by atoms with Crippen LogP contribution in [0.5, 0.6) is 0 Å². The van der Waals surface area contributed by atoms with Crippen LogP contribution in [-0.2, 0) is 0 Å². The number of rotatable bonds is 6. The molecule has 0 spiro atoms. The minimum Gasteiger partial charge on any atom is -0.389 e. The van der Waals surface area contributed by atoms with Crippen molar-refractivity contribution in [2.24, 2.45) is 23.2 Å². The van der Waals surface area contributed by atoms with Gasteiger partial charge in [-0.15, -0.1) is 0 Å². The van der Waals surface area contributed by atoms with Crippen LogP contribution in [0.3, 0.4) is 0 Å². The number of nitrogens with zero attached hydrogens (tertiary/aromatic N) is 2. The van der Waals surface area contributed by atoms with Gasteiger partial charge in [-0.05, 0) is 94.6 Å². The van der Waals surface area contributed by atoms with E-state index in [2.05, 4.69) is 15.6 Å². The van der Waals surface area contributed by atoms with Crippen LogP contribution < -0.4 is 10.6 Å². The first kappa shape index (κ1) is 21.4. The standard InChI is InChI=1S/C25H34N4O3/c1-15-21(23(31)26-13-24(2,3)32)28-20-6-4-5-19(29(15)20)22(30)27-14-25-10-16-7-17(11-25)9-18(8-16)12-25/h4-6,16-18,32H,7-14H2,1-3H3,(H,26,31)(H,27,30). The SMILES string of the molecule is Cc1c(C(=O)NCC(C)(C)O)nc2cccc(C(=O)NCC34CC5CC(CC(C5)C3)C4)n12. The lowest BCUT2D eigenvalue weighted by atomic mass is 9.49. The average Bonchev–Trinajstić information content (AvgIpc) is 3.06. The topological polar surface area (TPSA) is 95.7 Å². The van der Waals surface area contributed by atoms with Crippen LogP contribution in [0.1, 0.15) is 79.0 Å². The Morgan fingerprint density at radius 3 is 2.31 bits per heavy atom. The first-order valence-electron chi connectivity index (χ1n) is 11.9. The fourth-order valence-corrected chi connectivity index (χ4v) is 6.88. The second-order valence-electron chi connectivity index (χ2n) is 11.2. The van der Waals surface area contributed by atoms with Gasteiger partial charge in [0.1, 0.15) is 17.0 Å². The fourth-order valence-electron chi connectivity index (χ4n) is 6.88. The lowest BCUT2D eigenvalue weighted by Gasteiger charge is -2.56. The number of aromatic nitrogens is 2. The Hall–Kier alpha value is -2.41. The van der Waals surface area contributed by atoms with Crippen molar-refractivity contribution in [3.05, 3.63) is 35.3 Å². The van der Waals surface area contributed by atoms with Crippen molar-refractivity contribution in [1.29, 1.82) is 0 Å². The smallest absolute Gasteiger partial charge is 0.271 e. The van der Waals surface area contributed by atoms with E-state index >= 15 is 0 Å². The maximum absolute atomic E-state index is 13.2. The Bertz CT molecular complexity index is 1030. The second-order valence-corrected chi connectivity index (χ2v) is 11.2. The molecule has 4 aliphatic carbocycles. The molecule has 2 amide bonds. The summed E-state index contributed by atoms with van der Waals surface area (Å²) in [5, 5.41) is 15.9. The first-order valence-corrected chi connectivity index (χ1v) is 11.9. The molecular weight excluding hydrogens is 404 g/mol. The van der Waals surface area contributed by atoms with E-state index in [-0.39, 0.29) is 29.5 Å². The van der Waals surface area contributed by atoms with Crippen molar-refractivity contribution in [3.63, 3.8) is 0 Å². The number of carbonyl (C=O) groups is 2. The molecule has 4 bridgehead atoms. The zero-order chi connectivity index (χ0) is 22.7. The van der Waals surface area contributed by atoms with Crippen molar-refractivity contribution in [2.45, 2.75) is 64.9 Å². The van der Waals surface area contributed by atoms with Crippen molar-refractivity contribution < 1.29 is 14.7 Å². The fraction of sp³-hybridized carbons (Fsp3) is 0.640.